The molecule has 0 saturated carbocycles. The van der Waals surface area contributed by atoms with Crippen molar-refractivity contribution in [3.05, 3.63) is 64.5 Å². The van der Waals surface area contributed by atoms with Crippen LogP contribution in [0.2, 0.25) is 0 Å². The van der Waals surface area contributed by atoms with Crippen molar-refractivity contribution >= 4 is 33.5 Å². The third-order valence-corrected chi connectivity index (χ3v) is 5.82. The van der Waals surface area contributed by atoms with Gasteiger partial charge in [0.15, 0.2) is 21.4 Å². The summed E-state index contributed by atoms with van der Waals surface area (Å²) < 4.78 is 42.5. The fraction of sp³-hybridized carbons (Fsp3) is 0.190. The Morgan fingerprint density at radius 1 is 1.21 bits per heavy atom. The number of carboxylic acid groups (broad SMARTS) is 1. The van der Waals surface area contributed by atoms with E-state index >= 15 is 0 Å². The van der Waals surface area contributed by atoms with E-state index in [2.05, 4.69) is 0 Å². The lowest BCUT2D eigenvalue weighted by atomic mass is 9.92. The number of aliphatic carboxylic acids is 1. The molecule has 1 aliphatic rings. The predicted octanol–water partition coefficient (Wildman–Crippen LogP) is 3.90. The summed E-state index contributed by atoms with van der Waals surface area (Å²) in [5, 5.41) is 9.45. The standard InChI is InChI=1S/C21H19FO5S/c1-12(21(23)24)16-9-14-10-20(27-2)19(22)11-17(14)18(16)8-13-4-6-15(7-5-13)28(3,25)26/h4-12H,1-3H3,(H,23,24). The molecule has 0 amide bonds. The van der Waals surface area contributed by atoms with E-state index in [1.807, 2.05) is 0 Å². The van der Waals surface area contributed by atoms with Gasteiger partial charge in [-0.15, -0.1) is 0 Å². The van der Waals surface area contributed by atoms with E-state index in [1.54, 1.807) is 31.2 Å². The highest BCUT2D eigenvalue weighted by Crippen LogP contribution is 2.42. The van der Waals surface area contributed by atoms with Crippen LogP contribution in [-0.4, -0.2) is 32.9 Å². The molecule has 0 saturated heterocycles. The molecule has 0 radical (unpaired) electrons. The molecule has 2 aromatic rings. The summed E-state index contributed by atoms with van der Waals surface area (Å²) in [6.45, 7) is 1.56. The Hall–Kier alpha value is -2.93. The molecule has 0 spiro atoms. The van der Waals surface area contributed by atoms with Crippen molar-refractivity contribution < 1.29 is 27.4 Å². The molecule has 0 fully saturated rings. The SMILES string of the molecule is COc1cc2c(cc1F)C(=Cc1ccc(S(C)(=O)=O)cc1)C(C(C)C(=O)O)=C2. The minimum Gasteiger partial charge on any atom is -0.494 e. The quantitative estimate of drug-likeness (QED) is 0.821. The van der Waals surface area contributed by atoms with Crippen LogP contribution in [0.25, 0.3) is 17.7 Å². The Balaban J connectivity index is 2.14. The van der Waals surface area contributed by atoms with E-state index in [0.717, 1.165) is 6.26 Å². The molecule has 3 rings (SSSR count). The molecule has 1 aliphatic carbocycles. The van der Waals surface area contributed by atoms with Crippen molar-refractivity contribution in [1.29, 1.82) is 0 Å². The number of hydrogen-bond donors (Lipinski definition) is 1. The zero-order valence-corrected chi connectivity index (χ0v) is 16.4. The van der Waals surface area contributed by atoms with Gasteiger partial charge in [0.25, 0.3) is 0 Å². The highest BCUT2D eigenvalue weighted by molar-refractivity contribution is 7.90. The lowest BCUT2D eigenvalue weighted by molar-refractivity contribution is -0.139. The van der Waals surface area contributed by atoms with E-state index in [-0.39, 0.29) is 10.6 Å². The van der Waals surface area contributed by atoms with Crippen LogP contribution in [0.5, 0.6) is 5.75 Å². The van der Waals surface area contributed by atoms with Gasteiger partial charge in [0.2, 0.25) is 0 Å². The summed E-state index contributed by atoms with van der Waals surface area (Å²) in [7, 11) is -1.95. The Morgan fingerprint density at radius 3 is 2.39 bits per heavy atom. The van der Waals surface area contributed by atoms with Gasteiger partial charge in [0, 0.05) is 6.26 Å². The van der Waals surface area contributed by atoms with Gasteiger partial charge in [-0.05, 0) is 71.2 Å². The minimum atomic E-state index is -3.32. The topological polar surface area (TPSA) is 80.7 Å². The number of fused-ring (bicyclic) bond motifs is 1. The van der Waals surface area contributed by atoms with E-state index in [9.17, 15) is 22.7 Å². The first kappa shape index (κ1) is 19.8. The van der Waals surface area contributed by atoms with Gasteiger partial charge in [0.1, 0.15) is 0 Å². The number of hydrogen-bond acceptors (Lipinski definition) is 4. The molecule has 2 aromatic carbocycles. The average molecular weight is 402 g/mol. The van der Waals surface area contributed by atoms with Crippen LogP contribution in [-0.2, 0) is 14.6 Å². The van der Waals surface area contributed by atoms with Gasteiger partial charge >= 0.3 is 5.97 Å². The molecule has 0 heterocycles. The van der Waals surface area contributed by atoms with Crippen LogP contribution in [0.15, 0.2) is 46.9 Å². The number of carboxylic acids is 1. The summed E-state index contributed by atoms with van der Waals surface area (Å²) in [6, 6.07) is 9.08. The minimum absolute atomic E-state index is 0.0797. The van der Waals surface area contributed by atoms with Crippen LogP contribution in [0.3, 0.4) is 0 Å². The molecule has 28 heavy (non-hydrogen) atoms. The summed E-state index contributed by atoms with van der Waals surface area (Å²) >= 11 is 0. The van der Waals surface area contributed by atoms with Gasteiger partial charge in [0.05, 0.1) is 17.9 Å². The van der Waals surface area contributed by atoms with Crippen LogP contribution in [0.1, 0.15) is 23.6 Å². The third kappa shape index (κ3) is 3.71. The number of methoxy groups -OCH3 is 1. The maximum atomic E-state index is 14.3. The zero-order valence-electron chi connectivity index (χ0n) is 15.6. The highest BCUT2D eigenvalue weighted by atomic mass is 32.2. The first-order valence-corrected chi connectivity index (χ1v) is 10.4. The van der Waals surface area contributed by atoms with Gasteiger partial charge in [-0.1, -0.05) is 12.1 Å². The number of rotatable bonds is 5. The number of carbonyl (C=O) groups is 1. The molecular weight excluding hydrogens is 383 g/mol. The van der Waals surface area contributed by atoms with Crippen LogP contribution in [0.4, 0.5) is 4.39 Å². The smallest absolute Gasteiger partial charge is 0.310 e. The van der Waals surface area contributed by atoms with E-state index in [1.165, 1.54) is 31.4 Å². The zero-order chi connectivity index (χ0) is 20.6. The van der Waals surface area contributed by atoms with Gasteiger partial charge in [-0.25, -0.2) is 12.8 Å². The molecule has 7 heteroatoms. The monoisotopic (exact) mass is 402 g/mol. The Bertz CT molecular complexity index is 1110. The maximum absolute atomic E-state index is 14.3. The van der Waals surface area contributed by atoms with Crippen molar-refractivity contribution in [2.75, 3.05) is 13.4 Å². The normalized spacial score (nSPS) is 15.9. The lowest BCUT2D eigenvalue weighted by Gasteiger charge is -2.12. The fourth-order valence-corrected chi connectivity index (χ4v) is 3.74. The Kier molecular flexibility index (Phi) is 5.12. The molecule has 1 unspecified atom stereocenters. The van der Waals surface area contributed by atoms with Gasteiger partial charge in [-0.3, -0.25) is 4.79 Å². The van der Waals surface area contributed by atoms with Crippen molar-refractivity contribution in [2.24, 2.45) is 5.92 Å². The molecule has 0 bridgehead atoms. The fourth-order valence-electron chi connectivity index (χ4n) is 3.11. The predicted molar refractivity (Wildman–Crippen MR) is 105 cm³/mol. The molecule has 1 atom stereocenters. The molecule has 5 nitrogen and oxygen atoms in total. The summed E-state index contributed by atoms with van der Waals surface area (Å²) in [6.07, 6.45) is 4.57. The van der Waals surface area contributed by atoms with Gasteiger partial charge < -0.3 is 9.84 Å². The number of sulfone groups is 1. The number of allylic oxidation sites excluding steroid dienone is 1. The molecule has 0 aliphatic heterocycles. The summed E-state index contributed by atoms with van der Waals surface area (Å²) in [5.41, 5.74) is 3.03. The highest BCUT2D eigenvalue weighted by Gasteiger charge is 2.28. The molecule has 0 aromatic heterocycles. The van der Waals surface area contributed by atoms with E-state index in [0.29, 0.717) is 27.8 Å². The molecule has 146 valence electrons. The number of benzene rings is 2. The second kappa shape index (κ2) is 7.24. The van der Waals surface area contributed by atoms with Crippen LogP contribution >= 0.6 is 0 Å². The largest absolute Gasteiger partial charge is 0.494 e. The second-order valence-corrected chi connectivity index (χ2v) is 8.65. The first-order chi connectivity index (χ1) is 13.1. The molecule has 1 N–H and O–H groups in total. The van der Waals surface area contributed by atoms with Crippen molar-refractivity contribution in [2.45, 2.75) is 11.8 Å². The molecular formula is C21H19FO5S. The van der Waals surface area contributed by atoms with Gasteiger partial charge in [-0.2, -0.15) is 0 Å². The Morgan fingerprint density at radius 2 is 1.86 bits per heavy atom. The number of ether oxygens (including phenoxy) is 1. The first-order valence-electron chi connectivity index (χ1n) is 8.46. The van der Waals surface area contributed by atoms with E-state index in [4.69, 9.17) is 4.74 Å². The van der Waals surface area contributed by atoms with Crippen LogP contribution in [0, 0.1) is 11.7 Å². The maximum Gasteiger partial charge on any atom is 0.310 e. The summed E-state index contributed by atoms with van der Waals surface area (Å²) in [5.74, 6) is -2.26. The summed E-state index contributed by atoms with van der Waals surface area (Å²) in [4.78, 5) is 11.7. The second-order valence-electron chi connectivity index (χ2n) is 6.63. The number of halogens is 1. The Labute approximate surface area is 162 Å². The van der Waals surface area contributed by atoms with Crippen molar-refractivity contribution in [3.63, 3.8) is 0 Å². The van der Waals surface area contributed by atoms with Crippen LogP contribution < -0.4 is 4.74 Å². The van der Waals surface area contributed by atoms with E-state index < -0.39 is 27.5 Å². The third-order valence-electron chi connectivity index (χ3n) is 4.69. The average Bonchev–Trinajstić information content (AvgIpc) is 2.97. The lowest BCUT2D eigenvalue weighted by Crippen LogP contribution is -2.11. The van der Waals surface area contributed by atoms with Crippen molar-refractivity contribution in [3.8, 4) is 5.75 Å². The van der Waals surface area contributed by atoms with Crippen molar-refractivity contribution in [1.82, 2.24) is 0 Å².